The van der Waals surface area contributed by atoms with Crippen molar-refractivity contribution in [3.63, 3.8) is 0 Å². The highest BCUT2D eigenvalue weighted by molar-refractivity contribution is 7.91. The monoisotopic (exact) mass is 345 g/mol. The number of carbonyl (C=O) groups excluding carboxylic acids is 1. The summed E-state index contributed by atoms with van der Waals surface area (Å²) in [6, 6.07) is 4.66. The van der Waals surface area contributed by atoms with Gasteiger partial charge in [0.1, 0.15) is 4.21 Å². The first-order valence-corrected chi connectivity index (χ1v) is 8.61. The van der Waals surface area contributed by atoms with Gasteiger partial charge in [-0.25, -0.2) is 13.6 Å². The minimum Gasteiger partial charge on any atom is -0.352 e. The number of primary sulfonamides is 1. The number of carbonyl (C=O) groups is 1. The Labute approximate surface area is 131 Å². The summed E-state index contributed by atoms with van der Waals surface area (Å²) >= 11 is 6.96. The van der Waals surface area contributed by atoms with Gasteiger partial charge < -0.3 is 5.32 Å². The van der Waals surface area contributed by atoms with Gasteiger partial charge in [-0.3, -0.25) is 9.78 Å². The van der Waals surface area contributed by atoms with Gasteiger partial charge in [0, 0.05) is 23.8 Å². The van der Waals surface area contributed by atoms with Crippen molar-refractivity contribution in [2.75, 3.05) is 6.54 Å². The van der Waals surface area contributed by atoms with E-state index in [-0.39, 0.29) is 15.1 Å². The van der Waals surface area contributed by atoms with Crippen LogP contribution in [0.5, 0.6) is 0 Å². The maximum Gasteiger partial charge on any atom is 0.252 e. The molecule has 0 aliphatic carbocycles. The topological polar surface area (TPSA) is 102 Å². The number of nitrogens with two attached hydrogens (primary N) is 1. The molecule has 0 atom stereocenters. The number of nitrogens with zero attached hydrogens (tertiary/aromatic N) is 1. The molecule has 2 aromatic heterocycles. The van der Waals surface area contributed by atoms with Gasteiger partial charge in [-0.2, -0.15) is 0 Å². The second-order valence-corrected chi connectivity index (χ2v) is 7.49. The average Bonchev–Trinajstić information content (AvgIpc) is 2.88. The van der Waals surface area contributed by atoms with Crippen LogP contribution < -0.4 is 10.5 Å². The van der Waals surface area contributed by atoms with Gasteiger partial charge in [0.2, 0.25) is 10.0 Å². The molecule has 2 heterocycles. The molecule has 112 valence electrons. The lowest BCUT2D eigenvalue weighted by Gasteiger charge is -2.05. The van der Waals surface area contributed by atoms with E-state index in [1.165, 1.54) is 24.5 Å². The van der Waals surface area contributed by atoms with Gasteiger partial charge in [-0.15, -0.1) is 11.3 Å². The lowest BCUT2D eigenvalue weighted by atomic mass is 10.2. The molecule has 21 heavy (non-hydrogen) atoms. The smallest absolute Gasteiger partial charge is 0.252 e. The lowest BCUT2D eigenvalue weighted by Crippen LogP contribution is -2.25. The Kier molecular flexibility index (Phi) is 4.94. The normalized spacial score (nSPS) is 11.3. The highest BCUT2D eigenvalue weighted by Crippen LogP contribution is 2.20. The van der Waals surface area contributed by atoms with Gasteiger partial charge in [0.05, 0.1) is 10.6 Å². The zero-order chi connectivity index (χ0) is 15.5. The van der Waals surface area contributed by atoms with Crippen molar-refractivity contribution in [1.82, 2.24) is 10.3 Å². The minimum absolute atomic E-state index is 0.112. The van der Waals surface area contributed by atoms with Crippen molar-refractivity contribution in [1.29, 1.82) is 0 Å². The fraction of sp³-hybridized carbons (Fsp3) is 0.167. The van der Waals surface area contributed by atoms with E-state index >= 15 is 0 Å². The molecule has 0 bridgehead atoms. The Morgan fingerprint density at radius 2 is 2.14 bits per heavy atom. The Hall–Kier alpha value is -1.48. The quantitative estimate of drug-likeness (QED) is 0.855. The second-order valence-electron chi connectivity index (χ2n) is 4.13. The van der Waals surface area contributed by atoms with Gasteiger partial charge >= 0.3 is 0 Å². The number of rotatable bonds is 5. The van der Waals surface area contributed by atoms with E-state index in [2.05, 4.69) is 10.3 Å². The second kappa shape index (κ2) is 6.52. The van der Waals surface area contributed by atoms with Crippen molar-refractivity contribution in [3.8, 4) is 0 Å². The van der Waals surface area contributed by atoms with Crippen LogP contribution in [0.4, 0.5) is 0 Å². The highest BCUT2D eigenvalue weighted by atomic mass is 35.5. The van der Waals surface area contributed by atoms with Gasteiger partial charge in [-0.05, 0) is 24.6 Å². The number of thiophene rings is 1. The Morgan fingerprint density at radius 1 is 1.38 bits per heavy atom. The highest BCUT2D eigenvalue weighted by Gasteiger charge is 2.12. The van der Waals surface area contributed by atoms with Gasteiger partial charge in [0.15, 0.2) is 0 Å². The summed E-state index contributed by atoms with van der Waals surface area (Å²) in [7, 11) is -3.67. The maximum atomic E-state index is 11.9. The molecule has 0 saturated carbocycles. The molecule has 2 rings (SSSR count). The Bertz CT molecular complexity index is 759. The standard InChI is InChI=1S/C12H12ClN3O3S2/c13-10-7-15-5-4-9(10)12(17)16-6-3-8-1-2-11(20-8)21(14,18)19/h1-2,4-5,7H,3,6H2,(H,16,17)(H2,14,18,19). The van der Waals surface area contributed by atoms with Crippen LogP contribution in [-0.2, 0) is 16.4 Å². The van der Waals surface area contributed by atoms with Crippen LogP contribution in [0.2, 0.25) is 5.02 Å². The van der Waals surface area contributed by atoms with Crippen molar-refractivity contribution >= 4 is 38.9 Å². The molecule has 0 spiro atoms. The molecule has 0 aromatic carbocycles. The predicted octanol–water partition coefficient (Wildman–Crippen LogP) is 1.42. The molecule has 2 aromatic rings. The zero-order valence-electron chi connectivity index (χ0n) is 10.7. The number of pyridine rings is 1. The number of hydrogen-bond acceptors (Lipinski definition) is 5. The van der Waals surface area contributed by atoms with Crippen LogP contribution in [0.1, 0.15) is 15.2 Å². The van der Waals surface area contributed by atoms with E-state index in [4.69, 9.17) is 16.7 Å². The third kappa shape index (κ3) is 4.24. The van der Waals surface area contributed by atoms with Gasteiger partial charge in [-0.1, -0.05) is 11.6 Å². The first kappa shape index (κ1) is 15.9. The van der Waals surface area contributed by atoms with Crippen LogP contribution in [0.3, 0.4) is 0 Å². The minimum atomic E-state index is -3.67. The van der Waals surface area contributed by atoms with Crippen molar-refractivity contribution in [2.45, 2.75) is 10.6 Å². The number of halogens is 1. The van der Waals surface area contributed by atoms with Crippen LogP contribution in [0.25, 0.3) is 0 Å². The fourth-order valence-electron chi connectivity index (χ4n) is 1.60. The summed E-state index contributed by atoms with van der Waals surface area (Å²) in [6.07, 6.45) is 3.39. The predicted molar refractivity (Wildman–Crippen MR) is 81.0 cm³/mol. The first-order valence-electron chi connectivity index (χ1n) is 5.87. The zero-order valence-corrected chi connectivity index (χ0v) is 13.1. The molecule has 6 nitrogen and oxygen atoms in total. The van der Waals surface area contributed by atoms with E-state index in [0.717, 1.165) is 16.2 Å². The summed E-state index contributed by atoms with van der Waals surface area (Å²) in [4.78, 5) is 16.5. The average molecular weight is 346 g/mol. The lowest BCUT2D eigenvalue weighted by molar-refractivity contribution is 0.0954. The van der Waals surface area contributed by atoms with Crippen LogP contribution in [0.15, 0.2) is 34.8 Å². The van der Waals surface area contributed by atoms with E-state index < -0.39 is 10.0 Å². The summed E-state index contributed by atoms with van der Waals surface area (Å²) in [5.41, 5.74) is 0.350. The number of aromatic nitrogens is 1. The fourth-order valence-corrected chi connectivity index (χ4v) is 3.58. The molecule has 1 amide bonds. The summed E-state index contributed by atoms with van der Waals surface area (Å²) in [5.74, 6) is -0.300. The first-order chi connectivity index (χ1) is 9.88. The molecule has 0 radical (unpaired) electrons. The largest absolute Gasteiger partial charge is 0.352 e. The van der Waals surface area contributed by atoms with E-state index in [0.29, 0.717) is 18.5 Å². The van der Waals surface area contributed by atoms with Crippen molar-refractivity contribution < 1.29 is 13.2 Å². The molecule has 9 heteroatoms. The van der Waals surface area contributed by atoms with E-state index in [9.17, 15) is 13.2 Å². The number of amides is 1. The van der Waals surface area contributed by atoms with E-state index in [1.807, 2.05) is 0 Å². The molecular weight excluding hydrogens is 334 g/mol. The van der Waals surface area contributed by atoms with Crippen LogP contribution in [-0.4, -0.2) is 25.9 Å². The van der Waals surface area contributed by atoms with Gasteiger partial charge in [0.25, 0.3) is 5.91 Å². The number of nitrogens with one attached hydrogen (secondary N) is 1. The Balaban J connectivity index is 1.92. The van der Waals surface area contributed by atoms with Crippen molar-refractivity contribution in [3.05, 3.63) is 46.1 Å². The summed E-state index contributed by atoms with van der Waals surface area (Å²) < 4.78 is 22.4. The number of sulfonamides is 1. The summed E-state index contributed by atoms with van der Waals surface area (Å²) in [6.45, 7) is 0.363. The molecule has 0 fully saturated rings. The molecular formula is C12H12ClN3O3S2. The molecule has 0 saturated heterocycles. The third-order valence-corrected chi connectivity index (χ3v) is 5.48. The number of hydrogen-bond donors (Lipinski definition) is 2. The van der Waals surface area contributed by atoms with E-state index in [1.54, 1.807) is 6.07 Å². The van der Waals surface area contributed by atoms with Crippen molar-refractivity contribution in [2.24, 2.45) is 5.14 Å². The molecule has 3 N–H and O–H groups in total. The van der Waals surface area contributed by atoms with Crippen LogP contribution >= 0.6 is 22.9 Å². The molecule has 0 unspecified atom stereocenters. The Morgan fingerprint density at radius 3 is 2.76 bits per heavy atom. The summed E-state index contributed by atoms with van der Waals surface area (Å²) in [5, 5.41) is 8.02. The molecule has 0 aliphatic heterocycles. The molecule has 0 aliphatic rings. The SMILES string of the molecule is NS(=O)(=O)c1ccc(CCNC(=O)c2ccncc2Cl)s1. The van der Waals surface area contributed by atoms with Crippen LogP contribution in [0, 0.1) is 0 Å². The maximum absolute atomic E-state index is 11.9. The third-order valence-electron chi connectivity index (χ3n) is 2.59.